The zero-order chi connectivity index (χ0) is 13.0. The first kappa shape index (κ1) is 12.9. The van der Waals surface area contributed by atoms with Crippen LogP contribution in [0.4, 0.5) is 0 Å². The summed E-state index contributed by atoms with van der Waals surface area (Å²) in [6, 6.07) is 7.27. The number of rotatable bonds is 4. The highest BCUT2D eigenvalue weighted by Gasteiger charge is 2.24. The predicted molar refractivity (Wildman–Crippen MR) is 68.4 cm³/mol. The summed E-state index contributed by atoms with van der Waals surface area (Å²) in [6.45, 7) is 1.72. The fraction of sp³-hybridized carbons (Fsp3) is 0.500. The Hall–Kier alpha value is -1.55. The number of nitrogens with zero attached hydrogens (tertiary/aromatic N) is 1. The van der Waals surface area contributed by atoms with Crippen molar-refractivity contribution in [1.82, 2.24) is 4.90 Å². The SMILES string of the molecule is O=C(O)CC1CCCCN1Cc1ccc(O)cc1. The quantitative estimate of drug-likeness (QED) is 0.859. The molecular weight excluding hydrogens is 230 g/mol. The minimum atomic E-state index is -0.724. The van der Waals surface area contributed by atoms with Crippen LogP contribution in [0.1, 0.15) is 31.2 Å². The Bertz CT molecular complexity index is 402. The molecule has 18 heavy (non-hydrogen) atoms. The lowest BCUT2D eigenvalue weighted by atomic mass is 9.98. The van der Waals surface area contributed by atoms with E-state index in [4.69, 9.17) is 5.11 Å². The van der Waals surface area contributed by atoms with E-state index in [2.05, 4.69) is 4.90 Å². The van der Waals surface area contributed by atoms with E-state index in [9.17, 15) is 9.90 Å². The van der Waals surface area contributed by atoms with Gasteiger partial charge in [0.2, 0.25) is 0 Å². The topological polar surface area (TPSA) is 60.8 Å². The molecule has 98 valence electrons. The Morgan fingerprint density at radius 1 is 1.28 bits per heavy atom. The highest BCUT2D eigenvalue weighted by molar-refractivity contribution is 5.67. The minimum Gasteiger partial charge on any atom is -0.508 e. The molecule has 2 rings (SSSR count). The van der Waals surface area contributed by atoms with E-state index in [1.165, 1.54) is 0 Å². The van der Waals surface area contributed by atoms with Gasteiger partial charge < -0.3 is 10.2 Å². The van der Waals surface area contributed by atoms with Crippen molar-refractivity contribution in [2.45, 2.75) is 38.3 Å². The van der Waals surface area contributed by atoms with Crippen molar-refractivity contribution in [3.63, 3.8) is 0 Å². The maximum absolute atomic E-state index is 10.9. The molecule has 1 aromatic carbocycles. The molecule has 1 fully saturated rings. The third-order valence-corrected chi connectivity index (χ3v) is 3.48. The van der Waals surface area contributed by atoms with Gasteiger partial charge in [0.25, 0.3) is 0 Å². The molecular formula is C14H19NO3. The van der Waals surface area contributed by atoms with Crippen molar-refractivity contribution >= 4 is 5.97 Å². The van der Waals surface area contributed by atoms with Crippen molar-refractivity contribution in [2.24, 2.45) is 0 Å². The summed E-state index contributed by atoms with van der Waals surface area (Å²) in [5.74, 6) is -0.461. The number of carboxylic acids is 1. The minimum absolute atomic E-state index is 0.144. The summed E-state index contributed by atoms with van der Waals surface area (Å²) < 4.78 is 0. The Kier molecular flexibility index (Phi) is 4.20. The molecule has 0 bridgehead atoms. The van der Waals surface area contributed by atoms with E-state index < -0.39 is 5.97 Å². The van der Waals surface area contributed by atoms with Crippen molar-refractivity contribution in [1.29, 1.82) is 0 Å². The van der Waals surface area contributed by atoms with Crippen LogP contribution in [0.5, 0.6) is 5.75 Å². The summed E-state index contributed by atoms with van der Waals surface area (Å²) in [5.41, 5.74) is 1.12. The molecule has 2 N–H and O–H groups in total. The second kappa shape index (κ2) is 5.87. The van der Waals surface area contributed by atoms with Gasteiger partial charge in [-0.25, -0.2) is 0 Å². The average Bonchev–Trinajstić information content (AvgIpc) is 2.34. The van der Waals surface area contributed by atoms with E-state index >= 15 is 0 Å². The number of hydrogen-bond acceptors (Lipinski definition) is 3. The van der Waals surface area contributed by atoms with Crippen LogP contribution in [0.3, 0.4) is 0 Å². The van der Waals surface area contributed by atoms with Gasteiger partial charge in [-0.2, -0.15) is 0 Å². The van der Waals surface area contributed by atoms with Crippen LogP contribution in [-0.4, -0.2) is 33.7 Å². The maximum Gasteiger partial charge on any atom is 0.304 e. The third kappa shape index (κ3) is 3.47. The van der Waals surface area contributed by atoms with Crippen LogP contribution < -0.4 is 0 Å². The first-order valence-corrected chi connectivity index (χ1v) is 6.39. The van der Waals surface area contributed by atoms with Gasteiger partial charge in [0.05, 0.1) is 6.42 Å². The maximum atomic E-state index is 10.9. The predicted octanol–water partition coefficient (Wildman–Crippen LogP) is 2.22. The zero-order valence-electron chi connectivity index (χ0n) is 10.4. The molecule has 0 aromatic heterocycles. The molecule has 1 aliphatic rings. The van der Waals surface area contributed by atoms with Crippen LogP contribution in [0.2, 0.25) is 0 Å². The number of carboxylic acid groups (broad SMARTS) is 1. The first-order valence-electron chi connectivity index (χ1n) is 6.39. The molecule has 1 unspecified atom stereocenters. The van der Waals surface area contributed by atoms with Gasteiger partial charge in [-0.1, -0.05) is 18.6 Å². The van der Waals surface area contributed by atoms with E-state index in [1.54, 1.807) is 12.1 Å². The van der Waals surface area contributed by atoms with Gasteiger partial charge in [-0.3, -0.25) is 9.69 Å². The Morgan fingerprint density at radius 2 is 2.00 bits per heavy atom. The Balaban J connectivity index is 2.00. The normalized spacial score (nSPS) is 20.8. The van der Waals surface area contributed by atoms with Crippen LogP contribution in [0.25, 0.3) is 0 Å². The molecule has 1 saturated heterocycles. The molecule has 4 nitrogen and oxygen atoms in total. The van der Waals surface area contributed by atoms with Crippen molar-refractivity contribution in [3.05, 3.63) is 29.8 Å². The number of aliphatic carboxylic acids is 1. The molecule has 0 saturated carbocycles. The van der Waals surface area contributed by atoms with E-state index in [1.807, 2.05) is 12.1 Å². The van der Waals surface area contributed by atoms with Gasteiger partial charge in [0.15, 0.2) is 0 Å². The number of hydrogen-bond donors (Lipinski definition) is 2. The molecule has 1 heterocycles. The largest absolute Gasteiger partial charge is 0.508 e. The van der Waals surface area contributed by atoms with Crippen LogP contribution in [0.15, 0.2) is 24.3 Å². The smallest absolute Gasteiger partial charge is 0.304 e. The number of piperidine rings is 1. The monoisotopic (exact) mass is 249 g/mol. The summed E-state index contributed by atoms with van der Waals surface area (Å²) in [5, 5.41) is 18.2. The van der Waals surface area contributed by atoms with Gasteiger partial charge in [-0.15, -0.1) is 0 Å². The fourth-order valence-electron chi connectivity index (χ4n) is 2.54. The van der Waals surface area contributed by atoms with E-state index in [0.717, 1.165) is 37.9 Å². The number of benzene rings is 1. The van der Waals surface area contributed by atoms with Crippen LogP contribution in [-0.2, 0) is 11.3 Å². The highest BCUT2D eigenvalue weighted by atomic mass is 16.4. The molecule has 1 aliphatic heterocycles. The first-order chi connectivity index (χ1) is 8.65. The molecule has 4 heteroatoms. The fourth-order valence-corrected chi connectivity index (χ4v) is 2.54. The summed E-state index contributed by atoms with van der Waals surface area (Å²) in [4.78, 5) is 13.1. The molecule has 0 amide bonds. The Morgan fingerprint density at radius 3 is 2.67 bits per heavy atom. The number of aromatic hydroxyl groups is 1. The number of likely N-dealkylation sites (tertiary alicyclic amines) is 1. The average molecular weight is 249 g/mol. The molecule has 1 atom stereocenters. The second-order valence-electron chi connectivity index (χ2n) is 4.88. The number of phenols is 1. The van der Waals surface area contributed by atoms with Gasteiger partial charge >= 0.3 is 5.97 Å². The summed E-state index contributed by atoms with van der Waals surface area (Å²) in [6.07, 6.45) is 3.43. The Labute approximate surface area is 107 Å². The van der Waals surface area contributed by atoms with Gasteiger partial charge in [0, 0.05) is 12.6 Å². The summed E-state index contributed by atoms with van der Waals surface area (Å²) in [7, 11) is 0. The lowest BCUT2D eigenvalue weighted by Gasteiger charge is -2.34. The van der Waals surface area contributed by atoms with Crippen molar-refractivity contribution in [2.75, 3.05) is 6.54 Å². The number of phenolic OH excluding ortho intramolecular Hbond substituents is 1. The molecule has 0 spiro atoms. The van der Waals surface area contributed by atoms with Crippen LogP contribution >= 0.6 is 0 Å². The lowest BCUT2D eigenvalue weighted by molar-refractivity contribution is -0.138. The lowest BCUT2D eigenvalue weighted by Crippen LogP contribution is -2.40. The van der Waals surface area contributed by atoms with Crippen LogP contribution in [0, 0.1) is 0 Å². The molecule has 0 radical (unpaired) electrons. The molecule has 1 aromatic rings. The number of carbonyl (C=O) groups is 1. The van der Waals surface area contributed by atoms with E-state index in [-0.39, 0.29) is 18.2 Å². The summed E-state index contributed by atoms with van der Waals surface area (Å²) >= 11 is 0. The third-order valence-electron chi connectivity index (χ3n) is 3.48. The molecule has 0 aliphatic carbocycles. The standard InChI is InChI=1S/C14H19NO3/c16-13-6-4-11(5-7-13)10-15-8-2-1-3-12(15)9-14(17)18/h4-7,12,16H,1-3,8-10H2,(H,17,18). The second-order valence-corrected chi connectivity index (χ2v) is 4.88. The van der Waals surface area contributed by atoms with Crippen molar-refractivity contribution < 1.29 is 15.0 Å². The van der Waals surface area contributed by atoms with E-state index in [0.29, 0.717) is 0 Å². The zero-order valence-corrected chi connectivity index (χ0v) is 10.4. The van der Waals surface area contributed by atoms with Gasteiger partial charge in [-0.05, 0) is 37.1 Å². The van der Waals surface area contributed by atoms with Crippen molar-refractivity contribution in [3.8, 4) is 5.75 Å². The van der Waals surface area contributed by atoms with Gasteiger partial charge in [0.1, 0.15) is 5.75 Å². The highest BCUT2D eigenvalue weighted by Crippen LogP contribution is 2.22.